The molecule has 1 aromatic carbocycles. The molecule has 1 fully saturated rings. The SMILES string of the molecule is Cc1cc(C(O)CCNC(=O)C(=O)Nc2ccc(C)c(N3CCCC3=O)c2)c(C)o1. The minimum atomic E-state index is -0.803. The third-order valence-corrected chi connectivity index (χ3v) is 5.18. The number of aliphatic hydroxyl groups is 1. The van der Waals surface area contributed by atoms with Gasteiger partial charge >= 0.3 is 11.8 Å². The van der Waals surface area contributed by atoms with E-state index in [4.69, 9.17) is 4.42 Å². The Hall–Kier alpha value is -3.13. The molecule has 1 atom stereocenters. The number of furan rings is 1. The summed E-state index contributed by atoms with van der Waals surface area (Å²) in [7, 11) is 0. The highest BCUT2D eigenvalue weighted by molar-refractivity contribution is 6.39. The summed E-state index contributed by atoms with van der Waals surface area (Å²) in [6.07, 6.45) is 0.789. The van der Waals surface area contributed by atoms with Gasteiger partial charge in [0.05, 0.1) is 6.10 Å². The molecule has 1 saturated heterocycles. The van der Waals surface area contributed by atoms with E-state index in [9.17, 15) is 19.5 Å². The molecule has 0 spiro atoms. The number of carbonyl (C=O) groups excluding carboxylic acids is 3. The first-order chi connectivity index (χ1) is 14.3. The summed E-state index contributed by atoms with van der Waals surface area (Å²) in [6, 6.07) is 6.96. The second kappa shape index (κ2) is 9.13. The summed E-state index contributed by atoms with van der Waals surface area (Å²) in [6.45, 7) is 6.25. The smallest absolute Gasteiger partial charge is 0.313 e. The lowest BCUT2D eigenvalue weighted by atomic mass is 10.1. The molecule has 1 aromatic heterocycles. The monoisotopic (exact) mass is 413 g/mol. The van der Waals surface area contributed by atoms with Gasteiger partial charge in [0.25, 0.3) is 0 Å². The predicted molar refractivity (Wildman–Crippen MR) is 112 cm³/mol. The minimum Gasteiger partial charge on any atom is -0.466 e. The maximum atomic E-state index is 12.2. The first kappa shape index (κ1) is 21.6. The Morgan fingerprint density at radius 1 is 1.20 bits per heavy atom. The molecule has 8 heteroatoms. The van der Waals surface area contributed by atoms with Crippen molar-refractivity contribution in [1.82, 2.24) is 5.32 Å². The van der Waals surface area contributed by atoms with E-state index in [-0.39, 0.29) is 18.9 Å². The fraction of sp³-hybridized carbons (Fsp3) is 0.409. The normalized spacial score (nSPS) is 14.7. The zero-order chi connectivity index (χ0) is 21.8. The Morgan fingerprint density at radius 3 is 2.60 bits per heavy atom. The minimum absolute atomic E-state index is 0.0564. The summed E-state index contributed by atoms with van der Waals surface area (Å²) in [4.78, 5) is 38.0. The van der Waals surface area contributed by atoms with Crippen LogP contribution in [0.4, 0.5) is 11.4 Å². The van der Waals surface area contributed by atoms with E-state index in [1.165, 1.54) is 0 Å². The summed E-state index contributed by atoms with van der Waals surface area (Å²) >= 11 is 0. The fourth-order valence-electron chi connectivity index (χ4n) is 3.61. The molecule has 3 rings (SSSR count). The Bertz CT molecular complexity index is 966. The number of hydrogen-bond acceptors (Lipinski definition) is 5. The first-order valence-corrected chi connectivity index (χ1v) is 10.0. The van der Waals surface area contributed by atoms with Gasteiger partial charge in [0.15, 0.2) is 0 Å². The van der Waals surface area contributed by atoms with Crippen molar-refractivity contribution < 1.29 is 23.9 Å². The van der Waals surface area contributed by atoms with Crippen LogP contribution < -0.4 is 15.5 Å². The van der Waals surface area contributed by atoms with E-state index in [0.717, 1.165) is 17.7 Å². The van der Waals surface area contributed by atoms with Gasteiger partial charge in [-0.25, -0.2) is 0 Å². The Morgan fingerprint density at radius 2 is 1.97 bits per heavy atom. The van der Waals surface area contributed by atoms with Crippen LogP contribution in [-0.2, 0) is 14.4 Å². The molecule has 2 aromatic rings. The van der Waals surface area contributed by atoms with Crippen molar-refractivity contribution in [3.63, 3.8) is 0 Å². The molecule has 8 nitrogen and oxygen atoms in total. The average Bonchev–Trinajstić information content (AvgIpc) is 3.27. The molecule has 1 aliphatic rings. The molecule has 1 unspecified atom stereocenters. The van der Waals surface area contributed by atoms with Gasteiger partial charge in [-0.3, -0.25) is 14.4 Å². The van der Waals surface area contributed by atoms with Gasteiger partial charge < -0.3 is 25.1 Å². The van der Waals surface area contributed by atoms with E-state index in [1.807, 2.05) is 6.92 Å². The number of amides is 3. The number of aliphatic hydroxyl groups excluding tert-OH is 1. The molecular weight excluding hydrogens is 386 g/mol. The van der Waals surface area contributed by atoms with Crippen molar-refractivity contribution in [2.24, 2.45) is 0 Å². The van der Waals surface area contributed by atoms with Crippen LogP contribution in [0, 0.1) is 20.8 Å². The summed E-state index contributed by atoms with van der Waals surface area (Å²) in [5.41, 5.74) is 2.78. The van der Waals surface area contributed by atoms with Crippen LogP contribution in [-0.4, -0.2) is 35.9 Å². The van der Waals surface area contributed by atoms with Gasteiger partial charge in [-0.05, 0) is 57.4 Å². The Labute approximate surface area is 175 Å². The van der Waals surface area contributed by atoms with Gasteiger partial charge in [-0.15, -0.1) is 0 Å². The lowest BCUT2D eigenvalue weighted by Crippen LogP contribution is -2.36. The van der Waals surface area contributed by atoms with Crippen molar-refractivity contribution in [2.45, 2.75) is 46.1 Å². The molecule has 2 heterocycles. The van der Waals surface area contributed by atoms with Gasteiger partial charge in [-0.2, -0.15) is 0 Å². The third kappa shape index (κ3) is 4.88. The molecule has 3 N–H and O–H groups in total. The van der Waals surface area contributed by atoms with Crippen molar-refractivity contribution in [2.75, 3.05) is 23.3 Å². The number of hydrogen-bond donors (Lipinski definition) is 3. The largest absolute Gasteiger partial charge is 0.466 e. The molecular formula is C22H27N3O5. The maximum Gasteiger partial charge on any atom is 0.313 e. The molecule has 0 bridgehead atoms. The van der Waals surface area contributed by atoms with E-state index >= 15 is 0 Å². The Balaban J connectivity index is 1.53. The van der Waals surface area contributed by atoms with Crippen LogP contribution >= 0.6 is 0 Å². The molecule has 3 amide bonds. The van der Waals surface area contributed by atoms with Gasteiger partial charge in [0, 0.05) is 36.4 Å². The predicted octanol–water partition coefficient (Wildman–Crippen LogP) is 2.51. The first-order valence-electron chi connectivity index (χ1n) is 10.0. The van der Waals surface area contributed by atoms with E-state index in [1.54, 1.807) is 43.0 Å². The topological polar surface area (TPSA) is 112 Å². The average molecular weight is 413 g/mol. The zero-order valence-corrected chi connectivity index (χ0v) is 17.4. The number of aryl methyl sites for hydroxylation is 3. The Kier molecular flexibility index (Phi) is 6.56. The molecule has 1 aliphatic heterocycles. The van der Waals surface area contributed by atoms with Crippen LogP contribution in [0.3, 0.4) is 0 Å². The summed E-state index contributed by atoms with van der Waals surface area (Å²) in [5, 5.41) is 15.3. The highest BCUT2D eigenvalue weighted by atomic mass is 16.3. The third-order valence-electron chi connectivity index (χ3n) is 5.18. The van der Waals surface area contributed by atoms with Crippen LogP contribution in [0.1, 0.15) is 48.0 Å². The lowest BCUT2D eigenvalue weighted by Gasteiger charge is -2.19. The van der Waals surface area contributed by atoms with Gasteiger partial charge in [0.1, 0.15) is 11.5 Å². The second-order valence-corrected chi connectivity index (χ2v) is 7.53. The molecule has 30 heavy (non-hydrogen) atoms. The van der Waals surface area contributed by atoms with Crippen molar-refractivity contribution in [3.8, 4) is 0 Å². The highest BCUT2D eigenvalue weighted by Crippen LogP contribution is 2.28. The molecule has 0 aliphatic carbocycles. The van der Waals surface area contributed by atoms with E-state index < -0.39 is 17.9 Å². The van der Waals surface area contributed by atoms with Gasteiger partial charge in [0.2, 0.25) is 5.91 Å². The van der Waals surface area contributed by atoms with Gasteiger partial charge in [-0.1, -0.05) is 6.07 Å². The van der Waals surface area contributed by atoms with Crippen molar-refractivity contribution in [3.05, 3.63) is 46.9 Å². The fourth-order valence-corrected chi connectivity index (χ4v) is 3.61. The van der Waals surface area contributed by atoms with Crippen LogP contribution in [0.2, 0.25) is 0 Å². The van der Waals surface area contributed by atoms with Crippen LogP contribution in [0.25, 0.3) is 0 Å². The maximum absolute atomic E-state index is 12.2. The van der Waals surface area contributed by atoms with Crippen LogP contribution in [0.5, 0.6) is 0 Å². The molecule has 0 saturated carbocycles. The molecule has 0 radical (unpaired) electrons. The zero-order valence-electron chi connectivity index (χ0n) is 17.4. The van der Waals surface area contributed by atoms with E-state index in [2.05, 4.69) is 10.6 Å². The second-order valence-electron chi connectivity index (χ2n) is 7.53. The number of benzene rings is 1. The standard InChI is InChI=1S/C22H27N3O5/c1-13-6-7-16(12-18(13)25-10-4-5-20(25)27)24-22(29)21(28)23-9-8-19(26)17-11-14(2)30-15(17)3/h6-7,11-12,19,26H,4-5,8-10H2,1-3H3,(H,23,28)(H,24,29). The number of nitrogens with zero attached hydrogens (tertiary/aromatic N) is 1. The number of nitrogens with one attached hydrogen (secondary N) is 2. The van der Waals surface area contributed by atoms with Crippen LogP contribution in [0.15, 0.2) is 28.7 Å². The number of anilines is 2. The number of carbonyl (C=O) groups is 3. The van der Waals surface area contributed by atoms with Crippen molar-refractivity contribution in [1.29, 1.82) is 0 Å². The molecule has 160 valence electrons. The summed E-state index contributed by atoms with van der Waals surface area (Å²) < 4.78 is 5.39. The lowest BCUT2D eigenvalue weighted by molar-refractivity contribution is -0.136. The number of rotatable bonds is 6. The quantitative estimate of drug-likeness (QED) is 0.630. The highest BCUT2D eigenvalue weighted by Gasteiger charge is 2.24. The van der Waals surface area contributed by atoms with Crippen molar-refractivity contribution >= 4 is 29.1 Å². The summed E-state index contributed by atoms with van der Waals surface area (Å²) in [5.74, 6) is -0.196. The van der Waals surface area contributed by atoms with E-state index in [0.29, 0.717) is 35.7 Å².